The maximum atomic E-state index is 12.8. The summed E-state index contributed by atoms with van der Waals surface area (Å²) in [5, 5.41) is 0.397. The van der Waals surface area contributed by atoms with Gasteiger partial charge in [-0.3, -0.25) is 9.59 Å². The summed E-state index contributed by atoms with van der Waals surface area (Å²) in [5.41, 5.74) is 1.21. The fraction of sp³-hybridized carbons (Fsp3) is 0.200. The van der Waals surface area contributed by atoms with E-state index < -0.39 is 0 Å². The summed E-state index contributed by atoms with van der Waals surface area (Å²) in [6.45, 7) is 1.71. The molecular formula is C20H18O6. The predicted molar refractivity (Wildman–Crippen MR) is 97.0 cm³/mol. The number of esters is 1. The highest BCUT2D eigenvalue weighted by Crippen LogP contribution is 2.32. The second kappa shape index (κ2) is 7.31. The van der Waals surface area contributed by atoms with Gasteiger partial charge in [0.1, 0.15) is 17.6 Å². The Hall–Kier alpha value is -3.28. The normalized spacial score (nSPS) is 10.6. The topological polar surface area (TPSA) is 75.0 Å². The molecule has 0 saturated heterocycles. The number of rotatable bonds is 5. The van der Waals surface area contributed by atoms with Gasteiger partial charge in [0, 0.05) is 12.5 Å². The zero-order valence-corrected chi connectivity index (χ0v) is 14.7. The van der Waals surface area contributed by atoms with Gasteiger partial charge in [0.2, 0.25) is 0 Å². The highest BCUT2D eigenvalue weighted by molar-refractivity contribution is 5.84. The molecule has 3 aromatic rings. The molecule has 134 valence electrons. The molecule has 0 amide bonds. The second-order valence-corrected chi connectivity index (χ2v) is 5.53. The zero-order chi connectivity index (χ0) is 18.7. The summed E-state index contributed by atoms with van der Waals surface area (Å²) in [4.78, 5) is 24.2. The lowest BCUT2D eigenvalue weighted by atomic mass is 10.0. The van der Waals surface area contributed by atoms with Crippen LogP contribution in [0.25, 0.3) is 22.1 Å². The summed E-state index contributed by atoms with van der Waals surface area (Å²) < 4.78 is 21.2. The Morgan fingerprint density at radius 3 is 2.50 bits per heavy atom. The molecule has 0 bridgehead atoms. The van der Waals surface area contributed by atoms with E-state index in [-0.39, 0.29) is 17.8 Å². The van der Waals surface area contributed by atoms with Crippen molar-refractivity contribution in [3.63, 3.8) is 0 Å². The van der Waals surface area contributed by atoms with E-state index in [1.54, 1.807) is 44.4 Å². The molecule has 26 heavy (non-hydrogen) atoms. The third-order valence-electron chi connectivity index (χ3n) is 3.96. The van der Waals surface area contributed by atoms with Crippen LogP contribution in [-0.2, 0) is 4.79 Å². The highest BCUT2D eigenvalue weighted by atomic mass is 16.5. The minimum absolute atomic E-state index is 0.188. The SMILES string of the molecule is CCC(=O)Oc1ccc2c(=O)c(-c3ccc(OC)c(OC)c3)coc2c1. The van der Waals surface area contributed by atoms with Gasteiger partial charge < -0.3 is 18.6 Å². The third-order valence-corrected chi connectivity index (χ3v) is 3.96. The third kappa shape index (κ3) is 3.26. The summed E-state index contributed by atoms with van der Waals surface area (Å²) in [7, 11) is 3.08. The van der Waals surface area contributed by atoms with Crippen LogP contribution in [0.2, 0.25) is 0 Å². The molecule has 6 nitrogen and oxygen atoms in total. The van der Waals surface area contributed by atoms with Crippen LogP contribution in [0.3, 0.4) is 0 Å². The summed E-state index contributed by atoms with van der Waals surface area (Å²) in [6, 6.07) is 9.90. The number of benzene rings is 2. The van der Waals surface area contributed by atoms with Crippen molar-refractivity contribution in [3.8, 4) is 28.4 Å². The highest BCUT2D eigenvalue weighted by Gasteiger charge is 2.13. The lowest BCUT2D eigenvalue weighted by molar-refractivity contribution is -0.134. The van der Waals surface area contributed by atoms with Crippen LogP contribution >= 0.6 is 0 Å². The minimum atomic E-state index is -0.353. The molecular weight excluding hydrogens is 336 g/mol. The van der Waals surface area contributed by atoms with Gasteiger partial charge in [-0.2, -0.15) is 0 Å². The van der Waals surface area contributed by atoms with Crippen LogP contribution in [0.1, 0.15) is 13.3 Å². The Kier molecular flexibility index (Phi) is 4.93. The van der Waals surface area contributed by atoms with E-state index in [2.05, 4.69) is 0 Å². The molecule has 3 rings (SSSR count). The van der Waals surface area contributed by atoms with Crippen molar-refractivity contribution in [2.45, 2.75) is 13.3 Å². The molecule has 0 fully saturated rings. The predicted octanol–water partition coefficient (Wildman–Crippen LogP) is 3.79. The van der Waals surface area contributed by atoms with Crippen LogP contribution in [0.4, 0.5) is 0 Å². The second-order valence-electron chi connectivity index (χ2n) is 5.53. The molecule has 0 aliphatic carbocycles. The molecule has 0 aliphatic rings. The van der Waals surface area contributed by atoms with Crippen LogP contribution in [-0.4, -0.2) is 20.2 Å². The zero-order valence-electron chi connectivity index (χ0n) is 14.7. The Bertz CT molecular complexity index is 1020. The number of carbonyl (C=O) groups is 1. The van der Waals surface area contributed by atoms with Gasteiger partial charge in [-0.25, -0.2) is 0 Å². The van der Waals surface area contributed by atoms with Crippen molar-refractivity contribution in [1.29, 1.82) is 0 Å². The van der Waals surface area contributed by atoms with Crippen molar-refractivity contribution in [2.24, 2.45) is 0 Å². The monoisotopic (exact) mass is 354 g/mol. The summed E-state index contributed by atoms with van der Waals surface area (Å²) in [5.74, 6) is 1.08. The molecule has 6 heteroatoms. The largest absolute Gasteiger partial charge is 0.493 e. The van der Waals surface area contributed by atoms with Crippen LogP contribution in [0.5, 0.6) is 17.2 Å². The van der Waals surface area contributed by atoms with Crippen LogP contribution < -0.4 is 19.6 Å². The van der Waals surface area contributed by atoms with Gasteiger partial charge in [-0.05, 0) is 29.8 Å². The van der Waals surface area contributed by atoms with Crippen molar-refractivity contribution in [2.75, 3.05) is 14.2 Å². The Balaban J connectivity index is 2.06. The van der Waals surface area contributed by atoms with E-state index in [0.29, 0.717) is 39.3 Å². The average molecular weight is 354 g/mol. The fourth-order valence-corrected chi connectivity index (χ4v) is 2.58. The number of fused-ring (bicyclic) bond motifs is 1. The number of carbonyl (C=O) groups excluding carboxylic acids is 1. The average Bonchev–Trinajstić information content (AvgIpc) is 2.67. The minimum Gasteiger partial charge on any atom is -0.493 e. The Labute approximate surface area is 149 Å². The van der Waals surface area contributed by atoms with Crippen LogP contribution in [0.15, 0.2) is 51.9 Å². The van der Waals surface area contributed by atoms with E-state index >= 15 is 0 Å². The molecule has 0 atom stereocenters. The fourth-order valence-electron chi connectivity index (χ4n) is 2.58. The van der Waals surface area contributed by atoms with E-state index in [9.17, 15) is 9.59 Å². The summed E-state index contributed by atoms with van der Waals surface area (Å²) in [6.07, 6.45) is 1.65. The number of hydrogen-bond donors (Lipinski definition) is 0. The van der Waals surface area contributed by atoms with Crippen molar-refractivity contribution >= 4 is 16.9 Å². The number of hydrogen-bond acceptors (Lipinski definition) is 6. The molecule has 0 spiro atoms. The maximum Gasteiger partial charge on any atom is 0.310 e. The van der Waals surface area contributed by atoms with E-state index in [4.69, 9.17) is 18.6 Å². The van der Waals surface area contributed by atoms with Gasteiger partial charge in [-0.1, -0.05) is 13.0 Å². The first-order chi connectivity index (χ1) is 12.6. The van der Waals surface area contributed by atoms with Crippen molar-refractivity contribution < 1.29 is 23.4 Å². The molecule has 0 unspecified atom stereocenters. The van der Waals surface area contributed by atoms with E-state index in [1.165, 1.54) is 19.4 Å². The summed E-state index contributed by atoms with van der Waals surface area (Å²) >= 11 is 0. The molecule has 0 radical (unpaired) electrons. The lowest BCUT2D eigenvalue weighted by Crippen LogP contribution is -2.07. The molecule has 0 aliphatic heterocycles. The first-order valence-corrected chi connectivity index (χ1v) is 8.06. The first kappa shape index (κ1) is 17.5. The smallest absolute Gasteiger partial charge is 0.310 e. The first-order valence-electron chi connectivity index (χ1n) is 8.06. The van der Waals surface area contributed by atoms with Crippen molar-refractivity contribution in [1.82, 2.24) is 0 Å². The van der Waals surface area contributed by atoms with Gasteiger partial charge in [-0.15, -0.1) is 0 Å². The Morgan fingerprint density at radius 1 is 1.04 bits per heavy atom. The van der Waals surface area contributed by atoms with Gasteiger partial charge >= 0.3 is 5.97 Å². The van der Waals surface area contributed by atoms with Gasteiger partial charge in [0.25, 0.3) is 0 Å². The van der Waals surface area contributed by atoms with E-state index in [0.717, 1.165) is 0 Å². The van der Waals surface area contributed by atoms with Crippen molar-refractivity contribution in [3.05, 3.63) is 52.9 Å². The number of ether oxygens (including phenoxy) is 3. The molecule has 2 aromatic carbocycles. The molecule has 0 N–H and O–H groups in total. The molecule has 1 aromatic heterocycles. The Morgan fingerprint density at radius 2 is 1.81 bits per heavy atom. The standard InChI is InChI=1S/C20H18O6/c1-4-19(21)26-13-6-7-14-17(10-13)25-11-15(20(14)22)12-5-8-16(23-2)18(9-12)24-3/h5-11H,4H2,1-3H3. The molecule has 1 heterocycles. The van der Waals surface area contributed by atoms with Gasteiger partial charge in [0.05, 0.1) is 25.2 Å². The number of methoxy groups -OCH3 is 2. The maximum absolute atomic E-state index is 12.8. The van der Waals surface area contributed by atoms with Crippen LogP contribution in [0, 0.1) is 0 Å². The lowest BCUT2D eigenvalue weighted by Gasteiger charge is -2.10. The van der Waals surface area contributed by atoms with Gasteiger partial charge in [0.15, 0.2) is 16.9 Å². The quantitative estimate of drug-likeness (QED) is 0.512. The van der Waals surface area contributed by atoms with E-state index in [1.807, 2.05) is 0 Å². The molecule has 0 saturated carbocycles.